The Morgan fingerprint density at radius 3 is 2.50 bits per heavy atom. The van der Waals surface area contributed by atoms with Crippen LogP contribution < -0.4 is 0 Å². The Hall–Kier alpha value is -2.47. The van der Waals surface area contributed by atoms with Gasteiger partial charge >= 0.3 is 11.9 Å². The molecule has 0 aromatic rings. The van der Waals surface area contributed by atoms with E-state index in [-0.39, 0.29) is 35.4 Å². The lowest BCUT2D eigenvalue weighted by molar-refractivity contribution is -0.168. The zero-order valence-corrected chi connectivity index (χ0v) is 22.7. The number of Topliss-reactive ketones (excluding diaryl/α,β-unsaturated/α-hetero) is 1. The highest BCUT2D eigenvalue weighted by Gasteiger charge is 2.61. The van der Waals surface area contributed by atoms with E-state index in [0.717, 1.165) is 18.4 Å². The predicted molar refractivity (Wildman–Crippen MR) is 139 cm³/mol. The summed E-state index contributed by atoms with van der Waals surface area (Å²) in [6.07, 6.45) is 12.2. The normalized spacial score (nSPS) is 38.8. The second-order valence-electron chi connectivity index (χ2n) is 11.5. The summed E-state index contributed by atoms with van der Waals surface area (Å²) in [5.41, 5.74) is -0.238. The third-order valence-corrected chi connectivity index (χ3v) is 8.36. The number of ether oxygens (including phenoxy) is 2. The van der Waals surface area contributed by atoms with E-state index < -0.39 is 35.7 Å². The first kappa shape index (κ1) is 28.1. The second-order valence-corrected chi connectivity index (χ2v) is 11.5. The Kier molecular flexibility index (Phi) is 8.49. The number of fused-ring (bicyclic) bond motifs is 2. The first-order valence-corrected chi connectivity index (χ1v) is 13.2. The van der Waals surface area contributed by atoms with E-state index in [1.54, 1.807) is 19.1 Å². The van der Waals surface area contributed by atoms with Gasteiger partial charge in [0, 0.05) is 19.4 Å². The molecule has 1 N–H and O–H groups in total. The van der Waals surface area contributed by atoms with Gasteiger partial charge in [-0.3, -0.25) is 9.59 Å². The standard InChI is InChI=1S/C30H42O6/c1-8-9-10-11-12-13-26(32)35-25-16-23-22(29(23,6)7)15-19(3)28(34)30(36-21(5)31)17-20(4)27(33)24(30)14-18(25)2/h10-15,20,22-25,27,33H,8-9,16-17H2,1-7H3/b11-10+,13-12+,18-14+,19-15+/t20-,22-,23+,24+,25-,27+,30-/m1/s1. The maximum absolute atomic E-state index is 13.9. The first-order chi connectivity index (χ1) is 16.8. The number of ketones is 1. The van der Waals surface area contributed by atoms with Gasteiger partial charge in [0.25, 0.3) is 0 Å². The fourth-order valence-electron chi connectivity index (χ4n) is 6.10. The smallest absolute Gasteiger partial charge is 0.331 e. The zero-order valence-electron chi connectivity index (χ0n) is 22.7. The Morgan fingerprint density at radius 1 is 1.17 bits per heavy atom. The summed E-state index contributed by atoms with van der Waals surface area (Å²) in [5, 5.41) is 11.1. The van der Waals surface area contributed by atoms with Crippen molar-refractivity contribution >= 4 is 17.7 Å². The van der Waals surface area contributed by atoms with Gasteiger partial charge in [-0.05, 0) is 61.0 Å². The van der Waals surface area contributed by atoms with E-state index in [4.69, 9.17) is 9.47 Å². The molecule has 0 saturated heterocycles. The third-order valence-electron chi connectivity index (χ3n) is 8.36. The van der Waals surface area contributed by atoms with Gasteiger partial charge in [-0.15, -0.1) is 0 Å². The molecule has 0 amide bonds. The Bertz CT molecular complexity index is 999. The van der Waals surface area contributed by atoms with Crippen LogP contribution in [-0.4, -0.2) is 40.6 Å². The average molecular weight is 499 g/mol. The molecule has 0 aromatic carbocycles. The van der Waals surface area contributed by atoms with Crippen LogP contribution in [0.3, 0.4) is 0 Å². The van der Waals surface area contributed by atoms with Gasteiger partial charge in [0.15, 0.2) is 5.60 Å². The van der Waals surface area contributed by atoms with Gasteiger partial charge in [-0.25, -0.2) is 4.79 Å². The zero-order chi connectivity index (χ0) is 26.8. The Morgan fingerprint density at radius 2 is 1.86 bits per heavy atom. The molecule has 3 rings (SSSR count). The second kappa shape index (κ2) is 10.9. The van der Waals surface area contributed by atoms with E-state index in [1.165, 1.54) is 13.0 Å². The van der Waals surface area contributed by atoms with Crippen molar-refractivity contribution in [3.8, 4) is 0 Å². The number of aliphatic hydroxyl groups excluding tert-OH is 1. The molecule has 0 spiro atoms. The van der Waals surface area contributed by atoms with Gasteiger partial charge in [0.1, 0.15) is 6.10 Å². The van der Waals surface area contributed by atoms with Crippen molar-refractivity contribution in [3.05, 3.63) is 47.6 Å². The van der Waals surface area contributed by atoms with E-state index in [1.807, 2.05) is 32.1 Å². The van der Waals surface area contributed by atoms with Crippen molar-refractivity contribution in [2.75, 3.05) is 0 Å². The van der Waals surface area contributed by atoms with E-state index in [2.05, 4.69) is 20.8 Å². The lowest BCUT2D eigenvalue weighted by Gasteiger charge is -2.34. The summed E-state index contributed by atoms with van der Waals surface area (Å²) in [5.74, 6) is -1.87. The Balaban J connectivity index is 2.03. The number of aliphatic hydroxyl groups is 1. The maximum Gasteiger partial charge on any atom is 0.331 e. The molecule has 7 atom stereocenters. The molecule has 0 aliphatic heterocycles. The van der Waals surface area contributed by atoms with Crippen LogP contribution in [0.5, 0.6) is 0 Å². The van der Waals surface area contributed by atoms with Crippen LogP contribution >= 0.6 is 0 Å². The number of rotatable bonds is 6. The molecule has 6 heteroatoms. The largest absolute Gasteiger partial charge is 0.455 e. The average Bonchev–Trinajstić information content (AvgIpc) is 3.21. The molecule has 2 fully saturated rings. The first-order valence-electron chi connectivity index (χ1n) is 13.2. The highest BCUT2D eigenvalue weighted by atomic mass is 16.6. The molecule has 0 aromatic heterocycles. The van der Waals surface area contributed by atoms with Crippen LogP contribution in [0.15, 0.2) is 47.6 Å². The van der Waals surface area contributed by atoms with Gasteiger partial charge in [0.2, 0.25) is 5.78 Å². The molecule has 36 heavy (non-hydrogen) atoms. The van der Waals surface area contributed by atoms with Crippen LogP contribution in [-0.2, 0) is 23.9 Å². The predicted octanol–water partition coefficient (Wildman–Crippen LogP) is 5.27. The summed E-state index contributed by atoms with van der Waals surface area (Å²) in [4.78, 5) is 38.7. The van der Waals surface area contributed by atoms with E-state index in [0.29, 0.717) is 12.0 Å². The van der Waals surface area contributed by atoms with Gasteiger partial charge in [-0.2, -0.15) is 0 Å². The molecule has 3 aliphatic rings. The van der Waals surface area contributed by atoms with Crippen molar-refractivity contribution in [2.45, 2.75) is 92.0 Å². The molecule has 3 aliphatic carbocycles. The molecular weight excluding hydrogens is 456 g/mol. The SMILES string of the molecule is CCC/C=C/C=C/C(=O)O[C@@H]1C[C@H]2[C@@H](/C=C(\C)C(=O)[C@@]3(OC(C)=O)C[C@@H](C)[C@H](O)[C@@H]3/C=C/1C)C2(C)C. The van der Waals surface area contributed by atoms with Gasteiger partial charge < -0.3 is 14.6 Å². The minimum absolute atomic E-state index is 0.0547. The minimum atomic E-state index is -1.48. The van der Waals surface area contributed by atoms with E-state index >= 15 is 0 Å². The number of allylic oxidation sites excluding steroid dienone is 4. The summed E-state index contributed by atoms with van der Waals surface area (Å²) in [6, 6.07) is 0. The fraction of sp³-hybridized carbons (Fsp3) is 0.633. The molecule has 198 valence electrons. The fourth-order valence-corrected chi connectivity index (χ4v) is 6.10. The van der Waals surface area contributed by atoms with Crippen LogP contribution in [0.25, 0.3) is 0 Å². The molecule has 0 unspecified atom stereocenters. The molecular formula is C30H42O6. The topological polar surface area (TPSA) is 89.9 Å². The summed E-state index contributed by atoms with van der Waals surface area (Å²) < 4.78 is 11.7. The summed E-state index contributed by atoms with van der Waals surface area (Å²) >= 11 is 0. The van der Waals surface area contributed by atoms with Crippen LogP contribution in [0.1, 0.15) is 74.1 Å². The van der Waals surface area contributed by atoms with Gasteiger partial charge in [0.05, 0.1) is 12.0 Å². The third kappa shape index (κ3) is 5.59. The number of unbranched alkanes of at least 4 members (excludes halogenated alkanes) is 1. The number of esters is 2. The highest BCUT2D eigenvalue weighted by Crippen LogP contribution is 2.62. The molecule has 2 saturated carbocycles. The molecule has 0 bridgehead atoms. The Labute approximate surface area is 215 Å². The van der Waals surface area contributed by atoms with E-state index in [9.17, 15) is 19.5 Å². The maximum atomic E-state index is 13.9. The van der Waals surface area contributed by atoms with Crippen molar-refractivity contribution in [3.63, 3.8) is 0 Å². The molecule has 0 heterocycles. The number of carbonyl (C=O) groups is 3. The van der Waals surface area contributed by atoms with Crippen LogP contribution in [0.4, 0.5) is 0 Å². The molecule has 6 nitrogen and oxygen atoms in total. The van der Waals surface area contributed by atoms with Crippen molar-refractivity contribution < 1.29 is 29.0 Å². The summed E-state index contributed by atoms with van der Waals surface area (Å²) in [7, 11) is 0. The number of carbonyl (C=O) groups excluding carboxylic acids is 3. The van der Waals surface area contributed by atoms with Crippen molar-refractivity contribution in [1.29, 1.82) is 0 Å². The lowest BCUT2D eigenvalue weighted by Crippen LogP contribution is -2.48. The van der Waals surface area contributed by atoms with Crippen LogP contribution in [0.2, 0.25) is 0 Å². The monoisotopic (exact) mass is 498 g/mol. The summed E-state index contributed by atoms with van der Waals surface area (Å²) in [6.45, 7) is 13.2. The lowest BCUT2D eigenvalue weighted by atomic mass is 9.80. The quantitative estimate of drug-likeness (QED) is 0.232. The number of hydrogen-bond donors (Lipinski definition) is 1. The van der Waals surface area contributed by atoms with Crippen molar-refractivity contribution in [1.82, 2.24) is 0 Å². The van der Waals surface area contributed by atoms with Gasteiger partial charge in [-0.1, -0.05) is 64.5 Å². The van der Waals surface area contributed by atoms with Crippen LogP contribution in [0, 0.1) is 29.1 Å². The minimum Gasteiger partial charge on any atom is -0.455 e. The molecule has 0 radical (unpaired) electrons. The van der Waals surface area contributed by atoms with Crippen molar-refractivity contribution in [2.24, 2.45) is 29.1 Å². The number of hydrogen-bond acceptors (Lipinski definition) is 6. The highest BCUT2D eigenvalue weighted by molar-refractivity contribution is 6.03.